The summed E-state index contributed by atoms with van der Waals surface area (Å²) in [5.41, 5.74) is -0.578. The van der Waals surface area contributed by atoms with Crippen LogP contribution < -0.4 is 0 Å². The molecule has 150 valence electrons. The van der Waals surface area contributed by atoms with E-state index >= 15 is 0 Å². The number of rotatable bonds is 2. The van der Waals surface area contributed by atoms with E-state index in [2.05, 4.69) is 33.9 Å². The summed E-state index contributed by atoms with van der Waals surface area (Å²) < 4.78 is 5.69. The summed E-state index contributed by atoms with van der Waals surface area (Å²) in [6, 6.07) is -0.149. The maximum atomic E-state index is 13.0. The second-order valence-corrected chi connectivity index (χ2v) is 16.3. The highest BCUT2D eigenvalue weighted by molar-refractivity contribution is 6.86. The first-order chi connectivity index (χ1) is 11.6. The number of carbonyl (C=O) groups excluding carboxylic acids is 1. The fourth-order valence-electron chi connectivity index (χ4n) is 4.94. The molecule has 2 aliphatic rings. The zero-order valence-corrected chi connectivity index (χ0v) is 18.8. The Bertz CT molecular complexity index is 575. The minimum atomic E-state index is -2.30. The standard InChI is InChI=1S/C20H37NO4Si/c1-18(2,3)25-17(24)21-14-10-9-13-20(16(22)23,15(21)12-11-14)26(7,8)19(4,5)6/h14-15H,9-13H2,1-8H3,(H,22,23). The van der Waals surface area contributed by atoms with Gasteiger partial charge in [0.15, 0.2) is 0 Å². The molecule has 2 fully saturated rings. The molecular weight excluding hydrogens is 346 g/mol. The monoisotopic (exact) mass is 383 g/mol. The molecule has 6 heteroatoms. The summed E-state index contributed by atoms with van der Waals surface area (Å²) in [7, 11) is -2.30. The van der Waals surface area contributed by atoms with E-state index in [1.165, 1.54) is 0 Å². The Morgan fingerprint density at radius 2 is 1.65 bits per heavy atom. The zero-order chi connectivity index (χ0) is 20.1. The van der Waals surface area contributed by atoms with Gasteiger partial charge in [-0.15, -0.1) is 0 Å². The molecule has 2 aliphatic heterocycles. The Hall–Kier alpha value is -1.04. The molecule has 0 aliphatic carbocycles. The number of carboxylic acids is 1. The van der Waals surface area contributed by atoms with E-state index in [1.807, 2.05) is 25.7 Å². The van der Waals surface area contributed by atoms with E-state index in [9.17, 15) is 14.7 Å². The van der Waals surface area contributed by atoms with Crippen LogP contribution in [0.25, 0.3) is 0 Å². The molecule has 2 rings (SSSR count). The van der Waals surface area contributed by atoms with Crippen molar-refractivity contribution < 1.29 is 19.4 Å². The van der Waals surface area contributed by atoms with E-state index in [4.69, 9.17) is 4.74 Å². The lowest BCUT2D eigenvalue weighted by Gasteiger charge is -2.53. The van der Waals surface area contributed by atoms with Crippen molar-refractivity contribution in [3.05, 3.63) is 0 Å². The second kappa shape index (κ2) is 6.53. The van der Waals surface area contributed by atoms with E-state index < -0.39 is 24.7 Å². The molecule has 0 saturated carbocycles. The quantitative estimate of drug-likeness (QED) is 0.659. The van der Waals surface area contributed by atoms with Crippen LogP contribution in [0.15, 0.2) is 0 Å². The molecule has 0 aromatic rings. The largest absolute Gasteiger partial charge is 0.481 e. The normalized spacial score (nSPS) is 30.1. The predicted molar refractivity (Wildman–Crippen MR) is 106 cm³/mol. The lowest BCUT2D eigenvalue weighted by molar-refractivity contribution is -0.143. The van der Waals surface area contributed by atoms with Crippen molar-refractivity contribution in [2.24, 2.45) is 0 Å². The van der Waals surface area contributed by atoms with E-state index in [0.29, 0.717) is 6.42 Å². The van der Waals surface area contributed by atoms with Crippen LogP contribution in [0.2, 0.25) is 23.2 Å². The molecule has 3 atom stereocenters. The lowest BCUT2D eigenvalue weighted by atomic mass is 9.89. The number of hydrogen-bond donors (Lipinski definition) is 1. The fraction of sp³-hybridized carbons (Fsp3) is 0.900. The molecule has 2 heterocycles. The van der Waals surface area contributed by atoms with Crippen molar-refractivity contribution >= 4 is 20.1 Å². The van der Waals surface area contributed by atoms with Crippen molar-refractivity contribution in [2.75, 3.05) is 0 Å². The first-order valence-electron chi connectivity index (χ1n) is 9.90. The van der Waals surface area contributed by atoms with Crippen LogP contribution in [-0.4, -0.2) is 47.8 Å². The van der Waals surface area contributed by atoms with Gasteiger partial charge in [-0.1, -0.05) is 40.3 Å². The van der Waals surface area contributed by atoms with Gasteiger partial charge in [-0.25, -0.2) is 4.79 Å². The average molecular weight is 384 g/mol. The highest BCUT2D eigenvalue weighted by Crippen LogP contribution is 2.61. The summed E-state index contributed by atoms with van der Waals surface area (Å²) in [5.74, 6) is -0.717. The average Bonchev–Trinajstić information content (AvgIpc) is 2.72. The van der Waals surface area contributed by atoms with Crippen LogP contribution in [0, 0.1) is 0 Å². The van der Waals surface area contributed by atoms with Gasteiger partial charge >= 0.3 is 12.1 Å². The van der Waals surface area contributed by atoms with Gasteiger partial charge in [0.1, 0.15) is 5.60 Å². The van der Waals surface area contributed by atoms with Crippen LogP contribution >= 0.6 is 0 Å². The SMILES string of the molecule is CC(C)(C)OC(=O)N1C2CCCC(C(=O)O)([Si](C)(C)C(C)(C)C)C1CC2. The summed E-state index contributed by atoms with van der Waals surface area (Å²) in [4.78, 5) is 27.7. The zero-order valence-electron chi connectivity index (χ0n) is 17.8. The number of carbonyl (C=O) groups is 2. The predicted octanol–water partition coefficient (Wildman–Crippen LogP) is 5.27. The van der Waals surface area contributed by atoms with E-state index in [0.717, 1.165) is 25.7 Å². The Balaban J connectivity index is 2.56. The molecule has 0 spiro atoms. The maximum Gasteiger partial charge on any atom is 0.410 e. The maximum absolute atomic E-state index is 13.0. The Morgan fingerprint density at radius 1 is 1.08 bits per heavy atom. The summed E-state index contributed by atoms with van der Waals surface area (Å²) in [5, 5.41) is 9.60. The Labute approximate surface area is 159 Å². The number of hydrogen-bond acceptors (Lipinski definition) is 3. The molecule has 5 nitrogen and oxygen atoms in total. The molecule has 0 aromatic heterocycles. The lowest BCUT2D eigenvalue weighted by Crippen LogP contribution is -2.62. The molecule has 0 aromatic carbocycles. The van der Waals surface area contributed by atoms with Gasteiger partial charge in [-0.2, -0.15) is 0 Å². The molecule has 0 radical (unpaired) electrons. The third-order valence-electron chi connectivity index (χ3n) is 7.16. The van der Waals surface area contributed by atoms with Gasteiger partial charge in [0.25, 0.3) is 0 Å². The third-order valence-corrected chi connectivity index (χ3v) is 13.9. The summed E-state index contributed by atoms with van der Waals surface area (Å²) in [6.07, 6.45) is 3.71. The van der Waals surface area contributed by atoms with Crippen LogP contribution in [0.3, 0.4) is 0 Å². The van der Waals surface area contributed by atoms with Gasteiger partial charge in [0.05, 0.1) is 13.1 Å². The number of aliphatic carboxylic acids is 1. The van der Waals surface area contributed by atoms with Crippen molar-refractivity contribution in [3.63, 3.8) is 0 Å². The molecule has 1 N–H and O–H groups in total. The second-order valence-electron chi connectivity index (χ2n) is 10.7. The van der Waals surface area contributed by atoms with E-state index in [-0.39, 0.29) is 23.2 Å². The van der Waals surface area contributed by atoms with Gasteiger partial charge in [-0.05, 0) is 51.5 Å². The molecule has 26 heavy (non-hydrogen) atoms. The van der Waals surface area contributed by atoms with Crippen LogP contribution in [-0.2, 0) is 9.53 Å². The highest BCUT2D eigenvalue weighted by Gasteiger charge is 2.66. The Morgan fingerprint density at radius 3 is 2.12 bits per heavy atom. The van der Waals surface area contributed by atoms with Crippen LogP contribution in [0.1, 0.15) is 73.6 Å². The first-order valence-corrected chi connectivity index (χ1v) is 12.9. The van der Waals surface area contributed by atoms with Gasteiger partial charge in [-0.3, -0.25) is 4.79 Å². The number of ether oxygens (including phenoxy) is 1. The number of carboxylic acid groups (broad SMARTS) is 1. The molecule has 2 saturated heterocycles. The fourth-order valence-corrected chi connectivity index (χ4v) is 8.73. The van der Waals surface area contributed by atoms with Gasteiger partial charge in [0, 0.05) is 12.1 Å². The van der Waals surface area contributed by atoms with Gasteiger partial charge < -0.3 is 14.7 Å². The van der Waals surface area contributed by atoms with Crippen LogP contribution in [0.4, 0.5) is 4.79 Å². The van der Waals surface area contributed by atoms with E-state index in [1.54, 1.807) is 0 Å². The molecular formula is C20H37NO4Si. The highest BCUT2D eigenvalue weighted by atomic mass is 28.3. The minimum Gasteiger partial charge on any atom is -0.481 e. The van der Waals surface area contributed by atoms with Crippen molar-refractivity contribution in [1.29, 1.82) is 0 Å². The number of fused-ring (bicyclic) bond motifs is 2. The van der Waals surface area contributed by atoms with Crippen molar-refractivity contribution in [3.8, 4) is 0 Å². The topological polar surface area (TPSA) is 66.8 Å². The smallest absolute Gasteiger partial charge is 0.410 e. The summed E-state index contributed by atoms with van der Waals surface area (Å²) >= 11 is 0. The summed E-state index contributed by atoms with van der Waals surface area (Å²) in [6.45, 7) is 16.5. The third kappa shape index (κ3) is 3.29. The van der Waals surface area contributed by atoms with Crippen molar-refractivity contribution in [2.45, 2.75) is 115 Å². The van der Waals surface area contributed by atoms with Crippen molar-refractivity contribution in [1.82, 2.24) is 4.90 Å². The molecule has 2 bridgehead atoms. The first kappa shape index (κ1) is 21.3. The molecule has 1 amide bonds. The van der Waals surface area contributed by atoms with Crippen LogP contribution in [0.5, 0.6) is 0 Å². The Kier molecular flexibility index (Phi) is 5.34. The number of amides is 1. The van der Waals surface area contributed by atoms with Gasteiger partial charge in [0.2, 0.25) is 0 Å². The molecule has 3 unspecified atom stereocenters. The minimum absolute atomic E-state index is 0.0760. The number of nitrogens with zero attached hydrogens (tertiary/aromatic N) is 1.